The zero-order chi connectivity index (χ0) is 13.8. The maximum Gasteiger partial charge on any atom is 0.136 e. The molecule has 98 valence electrons. The fourth-order valence-electron chi connectivity index (χ4n) is 1.99. The van der Waals surface area contributed by atoms with E-state index < -0.39 is 0 Å². The molecule has 0 radical (unpaired) electrons. The van der Waals surface area contributed by atoms with Gasteiger partial charge >= 0.3 is 0 Å². The Balaban J connectivity index is 1.60. The minimum absolute atomic E-state index is 0.566. The molecule has 0 atom stereocenters. The highest BCUT2D eigenvalue weighted by molar-refractivity contribution is 5.41. The lowest BCUT2D eigenvalue weighted by molar-refractivity contribution is 0.970. The number of pyridine rings is 2. The predicted octanol–water partition coefficient (Wildman–Crippen LogP) is 2.26. The molecule has 20 heavy (non-hydrogen) atoms. The molecule has 0 aliphatic rings. The summed E-state index contributed by atoms with van der Waals surface area (Å²) in [6.45, 7) is 0.753. The van der Waals surface area contributed by atoms with Gasteiger partial charge in [0.2, 0.25) is 0 Å². The van der Waals surface area contributed by atoms with E-state index in [4.69, 9.17) is 5.26 Å². The van der Waals surface area contributed by atoms with Crippen LogP contribution < -0.4 is 5.32 Å². The number of nitrogens with zero attached hydrogens (tertiary/aromatic N) is 4. The fourth-order valence-corrected chi connectivity index (χ4v) is 1.99. The Hall–Kier alpha value is -2.87. The van der Waals surface area contributed by atoms with Crippen molar-refractivity contribution >= 4 is 11.5 Å². The number of fused-ring (bicyclic) bond motifs is 1. The lowest BCUT2D eigenvalue weighted by Gasteiger charge is -2.03. The van der Waals surface area contributed by atoms with Crippen molar-refractivity contribution in [2.45, 2.75) is 6.42 Å². The Kier molecular flexibility index (Phi) is 3.29. The van der Waals surface area contributed by atoms with Crippen LogP contribution in [0, 0.1) is 11.3 Å². The highest BCUT2D eigenvalue weighted by Gasteiger charge is 2.01. The molecule has 0 fully saturated rings. The molecule has 0 bridgehead atoms. The molecule has 3 aromatic heterocycles. The monoisotopic (exact) mass is 263 g/mol. The van der Waals surface area contributed by atoms with Gasteiger partial charge in [-0.25, -0.2) is 9.97 Å². The molecular weight excluding hydrogens is 250 g/mol. The zero-order valence-electron chi connectivity index (χ0n) is 10.8. The molecule has 0 aromatic carbocycles. The maximum atomic E-state index is 8.70. The first-order valence-electron chi connectivity index (χ1n) is 6.38. The van der Waals surface area contributed by atoms with Gasteiger partial charge in [0.05, 0.1) is 11.3 Å². The van der Waals surface area contributed by atoms with Crippen LogP contribution >= 0.6 is 0 Å². The summed E-state index contributed by atoms with van der Waals surface area (Å²) >= 11 is 0. The number of rotatable bonds is 4. The van der Waals surface area contributed by atoms with Crippen LogP contribution in [0.4, 0.5) is 5.82 Å². The largest absolute Gasteiger partial charge is 0.370 e. The van der Waals surface area contributed by atoms with Crippen molar-refractivity contribution in [3.8, 4) is 6.07 Å². The van der Waals surface area contributed by atoms with Gasteiger partial charge in [0, 0.05) is 31.6 Å². The highest BCUT2D eigenvalue weighted by Crippen LogP contribution is 2.07. The van der Waals surface area contributed by atoms with E-state index in [1.165, 1.54) is 0 Å². The van der Waals surface area contributed by atoms with Gasteiger partial charge in [0.15, 0.2) is 0 Å². The summed E-state index contributed by atoms with van der Waals surface area (Å²) in [6, 6.07) is 11.6. The molecule has 0 saturated heterocycles. The first-order valence-corrected chi connectivity index (χ1v) is 6.38. The molecule has 5 nitrogen and oxygen atoms in total. The summed E-state index contributed by atoms with van der Waals surface area (Å²) < 4.78 is 2.01. The van der Waals surface area contributed by atoms with Crippen LogP contribution in [0.5, 0.6) is 0 Å². The first kappa shape index (κ1) is 12.2. The number of nitrogens with one attached hydrogen (secondary N) is 1. The van der Waals surface area contributed by atoms with Crippen LogP contribution in [-0.4, -0.2) is 20.9 Å². The van der Waals surface area contributed by atoms with Gasteiger partial charge in [0.25, 0.3) is 0 Å². The lowest BCUT2D eigenvalue weighted by atomic mass is 10.3. The second-order valence-corrected chi connectivity index (χ2v) is 4.42. The first-order chi connectivity index (χ1) is 9.85. The van der Waals surface area contributed by atoms with Gasteiger partial charge in [0.1, 0.15) is 17.5 Å². The Morgan fingerprint density at radius 1 is 1.25 bits per heavy atom. The van der Waals surface area contributed by atoms with E-state index in [1.54, 1.807) is 12.3 Å². The molecule has 1 N–H and O–H groups in total. The summed E-state index contributed by atoms with van der Waals surface area (Å²) in [7, 11) is 0. The van der Waals surface area contributed by atoms with E-state index in [1.807, 2.05) is 47.1 Å². The third-order valence-electron chi connectivity index (χ3n) is 2.99. The summed E-state index contributed by atoms with van der Waals surface area (Å²) in [4.78, 5) is 8.70. The van der Waals surface area contributed by atoms with E-state index in [-0.39, 0.29) is 0 Å². The minimum atomic E-state index is 0.566. The highest BCUT2D eigenvalue weighted by atomic mass is 15.0. The number of hydrogen-bond acceptors (Lipinski definition) is 4. The molecule has 0 unspecified atom stereocenters. The summed E-state index contributed by atoms with van der Waals surface area (Å²) in [5.74, 6) is 0.771. The van der Waals surface area contributed by atoms with Crippen LogP contribution in [0.1, 0.15) is 11.3 Å². The van der Waals surface area contributed by atoms with Crippen molar-refractivity contribution in [3.63, 3.8) is 0 Å². The van der Waals surface area contributed by atoms with E-state index in [9.17, 15) is 0 Å². The third kappa shape index (κ3) is 2.59. The summed E-state index contributed by atoms with van der Waals surface area (Å²) in [6.07, 6.45) is 6.40. The van der Waals surface area contributed by atoms with E-state index in [0.717, 1.165) is 30.1 Å². The van der Waals surface area contributed by atoms with Crippen molar-refractivity contribution in [3.05, 3.63) is 60.2 Å². The van der Waals surface area contributed by atoms with Crippen LogP contribution in [0.15, 0.2) is 48.9 Å². The molecule has 3 rings (SSSR count). The van der Waals surface area contributed by atoms with Gasteiger partial charge in [-0.3, -0.25) is 0 Å². The normalized spacial score (nSPS) is 10.3. The number of aromatic nitrogens is 3. The third-order valence-corrected chi connectivity index (χ3v) is 2.99. The van der Waals surface area contributed by atoms with Gasteiger partial charge < -0.3 is 9.72 Å². The predicted molar refractivity (Wildman–Crippen MR) is 76.3 cm³/mol. The molecule has 3 heterocycles. The van der Waals surface area contributed by atoms with E-state index in [2.05, 4.69) is 15.3 Å². The van der Waals surface area contributed by atoms with E-state index >= 15 is 0 Å². The number of nitriles is 1. The minimum Gasteiger partial charge on any atom is -0.370 e. The maximum absolute atomic E-state index is 8.70. The standard InChI is InChI=1S/C15H13N5/c16-9-12-4-5-14(18-10-12)17-7-6-13-11-20-8-2-1-3-15(20)19-13/h1-5,8,10-11H,6-7H2,(H,17,18). The Morgan fingerprint density at radius 2 is 2.20 bits per heavy atom. The molecule has 0 amide bonds. The number of imidazole rings is 1. The van der Waals surface area contributed by atoms with Gasteiger partial charge in [-0.05, 0) is 24.3 Å². The average molecular weight is 263 g/mol. The van der Waals surface area contributed by atoms with Crippen LogP contribution in [0.25, 0.3) is 5.65 Å². The lowest BCUT2D eigenvalue weighted by Crippen LogP contribution is -2.06. The van der Waals surface area contributed by atoms with Crippen molar-refractivity contribution < 1.29 is 0 Å². The fraction of sp³-hybridized carbons (Fsp3) is 0.133. The average Bonchev–Trinajstić information content (AvgIpc) is 2.90. The molecule has 0 aliphatic heterocycles. The van der Waals surface area contributed by atoms with Gasteiger partial charge in [-0.2, -0.15) is 5.26 Å². The second kappa shape index (κ2) is 5.41. The van der Waals surface area contributed by atoms with Crippen molar-refractivity contribution in [1.82, 2.24) is 14.4 Å². The number of hydrogen-bond donors (Lipinski definition) is 1. The molecule has 0 saturated carbocycles. The van der Waals surface area contributed by atoms with Gasteiger partial charge in [-0.1, -0.05) is 6.07 Å². The quantitative estimate of drug-likeness (QED) is 0.784. The summed E-state index contributed by atoms with van der Waals surface area (Å²) in [5, 5.41) is 11.9. The zero-order valence-corrected chi connectivity index (χ0v) is 10.8. The Bertz CT molecular complexity index is 719. The molecule has 0 spiro atoms. The molecule has 3 aromatic rings. The van der Waals surface area contributed by atoms with Crippen LogP contribution in [0.3, 0.4) is 0 Å². The topological polar surface area (TPSA) is 66.0 Å². The van der Waals surface area contributed by atoms with E-state index in [0.29, 0.717) is 5.56 Å². The molecular formula is C15H13N5. The van der Waals surface area contributed by atoms with Crippen molar-refractivity contribution in [1.29, 1.82) is 5.26 Å². The number of anilines is 1. The van der Waals surface area contributed by atoms with Crippen LogP contribution in [0.2, 0.25) is 0 Å². The SMILES string of the molecule is N#Cc1ccc(NCCc2cn3ccccc3n2)nc1. The van der Waals surface area contributed by atoms with Gasteiger partial charge in [-0.15, -0.1) is 0 Å². The summed E-state index contributed by atoms with van der Waals surface area (Å²) in [5.41, 5.74) is 2.56. The molecule has 0 aliphatic carbocycles. The van der Waals surface area contributed by atoms with Crippen molar-refractivity contribution in [2.75, 3.05) is 11.9 Å². The molecule has 5 heteroatoms. The Labute approximate surface area is 116 Å². The van der Waals surface area contributed by atoms with Crippen molar-refractivity contribution in [2.24, 2.45) is 0 Å². The smallest absolute Gasteiger partial charge is 0.136 e. The second-order valence-electron chi connectivity index (χ2n) is 4.42. The Morgan fingerprint density at radius 3 is 2.95 bits per heavy atom. The van der Waals surface area contributed by atoms with Crippen LogP contribution in [-0.2, 0) is 6.42 Å².